The molecule has 0 aliphatic rings. The molecule has 0 saturated heterocycles. The lowest BCUT2D eigenvalue weighted by atomic mass is 10.2. The normalized spacial score (nSPS) is 11.9. The van der Waals surface area contributed by atoms with Crippen molar-refractivity contribution in [1.82, 2.24) is 14.7 Å². The number of para-hydroxylation sites is 1. The average molecular weight is 336 g/mol. The molecule has 2 aromatic heterocycles. The minimum absolute atomic E-state index is 0.0366. The zero-order chi connectivity index (χ0) is 17.8. The average Bonchev–Trinajstić information content (AvgIpc) is 3.02. The first-order chi connectivity index (χ1) is 12.1. The number of fused-ring (bicyclic) bond motifs is 1. The number of pyridine rings is 1. The van der Waals surface area contributed by atoms with Gasteiger partial charge >= 0.3 is 0 Å². The molecule has 25 heavy (non-hydrogen) atoms. The van der Waals surface area contributed by atoms with Gasteiger partial charge in [-0.3, -0.25) is 14.0 Å². The Morgan fingerprint density at radius 1 is 1.08 bits per heavy atom. The quantitative estimate of drug-likeness (QED) is 0.752. The minimum Gasteiger partial charge on any atom is -0.348 e. The SMILES string of the molecule is CCC(C)NC(=O)c1nc(C(=O)Nc2ccccc2)n2ccccc12. The summed E-state index contributed by atoms with van der Waals surface area (Å²) in [5.41, 5.74) is 1.52. The summed E-state index contributed by atoms with van der Waals surface area (Å²) in [5.74, 6) is -0.472. The number of carbonyl (C=O) groups is 2. The summed E-state index contributed by atoms with van der Waals surface area (Å²) in [6, 6.07) is 14.6. The Kier molecular flexibility index (Phi) is 4.79. The molecule has 6 nitrogen and oxygen atoms in total. The van der Waals surface area contributed by atoms with E-state index < -0.39 is 0 Å². The van der Waals surface area contributed by atoms with E-state index in [2.05, 4.69) is 15.6 Å². The van der Waals surface area contributed by atoms with E-state index in [9.17, 15) is 9.59 Å². The molecule has 3 rings (SSSR count). The summed E-state index contributed by atoms with van der Waals surface area (Å²) in [7, 11) is 0. The van der Waals surface area contributed by atoms with Gasteiger partial charge in [-0.1, -0.05) is 31.2 Å². The minimum atomic E-state index is -0.366. The van der Waals surface area contributed by atoms with Crippen LogP contribution in [0.3, 0.4) is 0 Å². The monoisotopic (exact) mass is 336 g/mol. The van der Waals surface area contributed by atoms with Gasteiger partial charge in [0.05, 0.1) is 5.52 Å². The largest absolute Gasteiger partial charge is 0.348 e. The predicted molar refractivity (Wildman–Crippen MR) is 96.8 cm³/mol. The van der Waals surface area contributed by atoms with E-state index in [0.717, 1.165) is 6.42 Å². The van der Waals surface area contributed by atoms with E-state index in [4.69, 9.17) is 0 Å². The van der Waals surface area contributed by atoms with E-state index in [1.807, 2.05) is 38.1 Å². The lowest BCUT2D eigenvalue weighted by Crippen LogP contribution is -2.32. The molecule has 0 radical (unpaired) electrons. The van der Waals surface area contributed by atoms with Crippen molar-refractivity contribution >= 4 is 23.0 Å². The molecule has 3 aromatic rings. The van der Waals surface area contributed by atoms with Crippen LogP contribution < -0.4 is 10.6 Å². The van der Waals surface area contributed by atoms with Gasteiger partial charge in [0.2, 0.25) is 5.82 Å². The third-order valence-corrected chi connectivity index (χ3v) is 3.99. The van der Waals surface area contributed by atoms with Crippen molar-refractivity contribution in [1.29, 1.82) is 0 Å². The molecule has 0 bridgehead atoms. The van der Waals surface area contributed by atoms with Crippen LogP contribution in [0.4, 0.5) is 5.69 Å². The van der Waals surface area contributed by atoms with Crippen molar-refractivity contribution in [2.45, 2.75) is 26.3 Å². The molecule has 0 fully saturated rings. The first kappa shape index (κ1) is 16.7. The van der Waals surface area contributed by atoms with E-state index in [0.29, 0.717) is 11.2 Å². The fourth-order valence-electron chi connectivity index (χ4n) is 2.47. The molecule has 0 spiro atoms. The summed E-state index contributed by atoms with van der Waals surface area (Å²) < 4.78 is 1.63. The van der Waals surface area contributed by atoms with Crippen molar-refractivity contribution in [2.24, 2.45) is 0 Å². The van der Waals surface area contributed by atoms with Gasteiger partial charge in [0.15, 0.2) is 5.69 Å². The Bertz CT molecular complexity index is 902. The van der Waals surface area contributed by atoms with Gasteiger partial charge < -0.3 is 10.6 Å². The Balaban J connectivity index is 1.96. The Morgan fingerprint density at radius 3 is 2.52 bits per heavy atom. The number of nitrogens with one attached hydrogen (secondary N) is 2. The number of hydrogen-bond donors (Lipinski definition) is 2. The highest BCUT2D eigenvalue weighted by Crippen LogP contribution is 2.15. The standard InChI is InChI=1S/C19H20N4O2/c1-3-13(2)20-18(24)16-15-11-7-8-12-23(15)17(22-16)19(25)21-14-9-5-4-6-10-14/h4-13H,3H2,1-2H3,(H,20,24)(H,21,25). The number of nitrogens with zero attached hydrogens (tertiary/aromatic N) is 2. The van der Waals surface area contributed by atoms with Gasteiger partial charge in [-0.25, -0.2) is 4.98 Å². The fraction of sp³-hybridized carbons (Fsp3) is 0.211. The number of anilines is 1. The molecule has 0 saturated carbocycles. The second-order valence-corrected chi connectivity index (χ2v) is 5.84. The third kappa shape index (κ3) is 3.52. The van der Waals surface area contributed by atoms with Crippen molar-refractivity contribution in [2.75, 3.05) is 5.32 Å². The van der Waals surface area contributed by atoms with E-state index in [1.165, 1.54) is 0 Å². The van der Waals surface area contributed by atoms with Gasteiger partial charge in [-0.2, -0.15) is 0 Å². The van der Waals surface area contributed by atoms with Gasteiger partial charge in [0.1, 0.15) is 0 Å². The fourth-order valence-corrected chi connectivity index (χ4v) is 2.47. The Hall–Kier alpha value is -3.15. The number of amides is 2. The molecule has 1 aromatic carbocycles. The zero-order valence-electron chi connectivity index (χ0n) is 14.2. The molecular formula is C19H20N4O2. The molecule has 2 heterocycles. The highest BCUT2D eigenvalue weighted by Gasteiger charge is 2.22. The summed E-state index contributed by atoms with van der Waals surface area (Å²) in [5, 5.41) is 5.69. The molecule has 1 unspecified atom stereocenters. The number of benzene rings is 1. The van der Waals surface area contributed by atoms with Crippen LogP contribution in [-0.2, 0) is 0 Å². The highest BCUT2D eigenvalue weighted by atomic mass is 16.2. The predicted octanol–water partition coefficient (Wildman–Crippen LogP) is 3.11. The maximum Gasteiger partial charge on any atom is 0.292 e. The van der Waals surface area contributed by atoms with E-state index in [1.54, 1.807) is 34.9 Å². The van der Waals surface area contributed by atoms with Crippen LogP contribution in [0.15, 0.2) is 54.7 Å². The van der Waals surface area contributed by atoms with Gasteiger partial charge in [-0.05, 0) is 37.6 Å². The van der Waals surface area contributed by atoms with Crippen molar-refractivity contribution < 1.29 is 9.59 Å². The van der Waals surface area contributed by atoms with Gasteiger partial charge in [-0.15, -0.1) is 0 Å². The molecule has 1 atom stereocenters. The van der Waals surface area contributed by atoms with E-state index in [-0.39, 0.29) is 29.4 Å². The maximum absolute atomic E-state index is 12.6. The second kappa shape index (κ2) is 7.17. The number of hydrogen-bond acceptors (Lipinski definition) is 3. The van der Waals surface area contributed by atoms with Crippen LogP contribution in [0.2, 0.25) is 0 Å². The first-order valence-electron chi connectivity index (χ1n) is 8.24. The van der Waals surface area contributed by atoms with Gasteiger partial charge in [0.25, 0.3) is 11.8 Å². The highest BCUT2D eigenvalue weighted by molar-refractivity contribution is 6.06. The second-order valence-electron chi connectivity index (χ2n) is 5.84. The number of imidazole rings is 1. The van der Waals surface area contributed by atoms with E-state index >= 15 is 0 Å². The molecule has 0 aliphatic heterocycles. The zero-order valence-corrected chi connectivity index (χ0v) is 14.2. The van der Waals surface area contributed by atoms with Crippen LogP contribution in [0.5, 0.6) is 0 Å². The Morgan fingerprint density at radius 2 is 1.80 bits per heavy atom. The smallest absolute Gasteiger partial charge is 0.292 e. The maximum atomic E-state index is 12.6. The van der Waals surface area contributed by atoms with Crippen LogP contribution >= 0.6 is 0 Å². The number of rotatable bonds is 5. The van der Waals surface area contributed by atoms with Gasteiger partial charge in [0, 0.05) is 17.9 Å². The summed E-state index contributed by atoms with van der Waals surface area (Å²) in [6.45, 7) is 3.92. The lowest BCUT2D eigenvalue weighted by Gasteiger charge is -2.09. The molecular weight excluding hydrogens is 316 g/mol. The van der Waals surface area contributed by atoms with Crippen molar-refractivity contribution in [3.63, 3.8) is 0 Å². The molecule has 6 heteroatoms. The van der Waals surface area contributed by atoms with Crippen LogP contribution in [-0.4, -0.2) is 27.2 Å². The topological polar surface area (TPSA) is 75.5 Å². The summed E-state index contributed by atoms with van der Waals surface area (Å²) in [4.78, 5) is 29.4. The van der Waals surface area contributed by atoms with Crippen molar-refractivity contribution in [3.05, 3.63) is 66.2 Å². The number of carbonyl (C=O) groups excluding carboxylic acids is 2. The van der Waals surface area contributed by atoms with Crippen LogP contribution in [0.25, 0.3) is 5.52 Å². The molecule has 0 aliphatic carbocycles. The van der Waals surface area contributed by atoms with Crippen molar-refractivity contribution in [3.8, 4) is 0 Å². The van der Waals surface area contributed by atoms with Crippen LogP contribution in [0, 0.1) is 0 Å². The molecule has 128 valence electrons. The molecule has 2 amide bonds. The summed E-state index contributed by atoms with van der Waals surface area (Å²) >= 11 is 0. The first-order valence-corrected chi connectivity index (χ1v) is 8.24. The number of aromatic nitrogens is 2. The summed E-state index contributed by atoms with van der Waals surface area (Å²) in [6.07, 6.45) is 2.54. The Labute approximate surface area is 145 Å². The lowest BCUT2D eigenvalue weighted by molar-refractivity contribution is 0.0936. The van der Waals surface area contributed by atoms with Crippen LogP contribution in [0.1, 0.15) is 41.4 Å². The molecule has 2 N–H and O–H groups in total. The third-order valence-electron chi connectivity index (χ3n) is 3.99.